The summed E-state index contributed by atoms with van der Waals surface area (Å²) in [4.78, 5) is 21.6. The smallest absolute Gasteiger partial charge is 0.350 e. The van der Waals surface area contributed by atoms with E-state index in [1.165, 1.54) is 28.5 Å². The van der Waals surface area contributed by atoms with Gasteiger partial charge in [0.25, 0.3) is 0 Å². The van der Waals surface area contributed by atoms with Gasteiger partial charge >= 0.3 is 5.69 Å². The molecule has 0 saturated carbocycles. The van der Waals surface area contributed by atoms with E-state index < -0.39 is 39.4 Å². The lowest BCUT2D eigenvalue weighted by Gasteiger charge is -2.43. The largest absolute Gasteiger partial charge is 0.375 e. The summed E-state index contributed by atoms with van der Waals surface area (Å²) >= 11 is 8.15. The summed E-state index contributed by atoms with van der Waals surface area (Å²) in [5.41, 5.74) is 0.559. The molecule has 1 saturated heterocycles. The molecule has 0 spiro atoms. The van der Waals surface area contributed by atoms with Crippen molar-refractivity contribution in [1.82, 2.24) is 14.5 Å². The number of aromatic nitrogens is 2. The Labute approximate surface area is 227 Å². The fraction of sp³-hybridized carbons (Fsp3) is 0.360. The van der Waals surface area contributed by atoms with E-state index in [4.69, 9.17) is 11.6 Å². The molecule has 0 amide bonds. The van der Waals surface area contributed by atoms with Crippen molar-refractivity contribution in [1.29, 1.82) is 0 Å². The number of sulfone groups is 1. The van der Waals surface area contributed by atoms with E-state index in [-0.39, 0.29) is 22.9 Å². The monoisotopic (exact) mass is 582 g/mol. The molecule has 3 heterocycles. The standard InChI is InChI=1S/C25H25ClF2N4O4S2/c1-3-20(33)31-7-6-30(12-15(31)13-38(2,35)36)24-17-11-18(26)21(16-5-4-14(27)10-19(16)28)23-22(17)32(8-9-37-23)25(34)29-24/h3-5,10-11,15,20,33H,1,6-9,12-13H2,2H3/t15-,20?/m0/s1. The number of aliphatic hydroxyl groups is 1. The van der Waals surface area contributed by atoms with Crippen molar-refractivity contribution in [3.63, 3.8) is 0 Å². The number of hydrogen-bond donors (Lipinski definition) is 1. The first-order valence-corrected chi connectivity index (χ1v) is 15.2. The van der Waals surface area contributed by atoms with Gasteiger partial charge in [0.1, 0.15) is 33.5 Å². The van der Waals surface area contributed by atoms with Gasteiger partial charge in [0.2, 0.25) is 0 Å². The van der Waals surface area contributed by atoms with Crippen LogP contribution >= 0.6 is 23.4 Å². The number of thioether (sulfide) groups is 1. The Balaban J connectivity index is 1.68. The molecular formula is C25H25ClF2N4O4S2. The van der Waals surface area contributed by atoms with Crippen LogP contribution in [0, 0.1) is 11.6 Å². The molecular weight excluding hydrogens is 558 g/mol. The summed E-state index contributed by atoms with van der Waals surface area (Å²) < 4.78 is 54.3. The van der Waals surface area contributed by atoms with Crippen LogP contribution in [0.25, 0.3) is 22.0 Å². The molecule has 1 fully saturated rings. The maximum absolute atomic E-state index is 14.8. The molecule has 1 unspecified atom stereocenters. The number of piperazine rings is 1. The van der Waals surface area contributed by atoms with Crippen LogP contribution in [0.2, 0.25) is 5.02 Å². The van der Waals surface area contributed by atoms with Gasteiger partial charge < -0.3 is 10.0 Å². The number of aryl methyl sites for hydroxylation is 1. The SMILES string of the molecule is C=CC(O)N1CCN(c2nc(=O)n3c4c(c(-c5ccc(F)cc5F)c(Cl)cc24)SCC3)C[C@H]1CS(C)(=O)=O. The molecule has 0 radical (unpaired) electrons. The molecule has 2 aliphatic heterocycles. The molecule has 3 aromatic rings. The van der Waals surface area contributed by atoms with Crippen LogP contribution in [0.5, 0.6) is 0 Å². The second kappa shape index (κ2) is 10.2. The van der Waals surface area contributed by atoms with Crippen molar-refractivity contribution in [2.75, 3.05) is 42.3 Å². The van der Waals surface area contributed by atoms with Gasteiger partial charge in [-0.1, -0.05) is 18.2 Å². The van der Waals surface area contributed by atoms with Gasteiger partial charge in [0.15, 0.2) is 0 Å². The Morgan fingerprint density at radius 2 is 2.05 bits per heavy atom. The summed E-state index contributed by atoms with van der Waals surface area (Å²) in [6, 6.07) is 4.31. The van der Waals surface area contributed by atoms with E-state index in [1.807, 2.05) is 4.90 Å². The molecule has 13 heteroatoms. The highest BCUT2D eigenvalue weighted by Gasteiger charge is 2.35. The zero-order valence-corrected chi connectivity index (χ0v) is 22.8. The summed E-state index contributed by atoms with van der Waals surface area (Å²) in [6.07, 6.45) is 1.44. The van der Waals surface area contributed by atoms with Gasteiger partial charge in [0, 0.05) is 71.7 Å². The molecule has 38 heavy (non-hydrogen) atoms. The molecule has 202 valence electrons. The van der Waals surface area contributed by atoms with Crippen LogP contribution in [0.1, 0.15) is 0 Å². The van der Waals surface area contributed by atoms with Gasteiger partial charge in [-0.2, -0.15) is 4.98 Å². The fourth-order valence-corrected chi connectivity index (χ4v) is 7.73. The van der Waals surface area contributed by atoms with E-state index in [2.05, 4.69) is 11.6 Å². The van der Waals surface area contributed by atoms with Gasteiger partial charge in [-0.25, -0.2) is 22.0 Å². The highest BCUT2D eigenvalue weighted by molar-refractivity contribution is 7.99. The third-order valence-corrected chi connectivity index (χ3v) is 9.15. The first-order valence-electron chi connectivity index (χ1n) is 11.8. The minimum Gasteiger partial charge on any atom is -0.375 e. The van der Waals surface area contributed by atoms with Crippen molar-refractivity contribution >= 4 is 49.9 Å². The maximum atomic E-state index is 14.8. The Bertz CT molecular complexity index is 1620. The van der Waals surface area contributed by atoms with E-state index in [1.54, 1.807) is 11.0 Å². The maximum Gasteiger partial charge on any atom is 0.350 e. The lowest BCUT2D eigenvalue weighted by Crippen LogP contribution is -2.58. The number of anilines is 1. The van der Waals surface area contributed by atoms with Crippen LogP contribution in [0.4, 0.5) is 14.6 Å². The number of aliphatic hydroxyl groups excluding tert-OH is 1. The minimum absolute atomic E-state index is 0.125. The average molecular weight is 583 g/mol. The third kappa shape index (κ3) is 4.95. The Kier molecular flexibility index (Phi) is 7.29. The average Bonchev–Trinajstić information content (AvgIpc) is 2.85. The van der Waals surface area contributed by atoms with Crippen LogP contribution in [0.3, 0.4) is 0 Å². The van der Waals surface area contributed by atoms with Gasteiger partial charge in [-0.15, -0.1) is 11.8 Å². The van der Waals surface area contributed by atoms with Crippen molar-refractivity contribution < 1.29 is 22.3 Å². The normalized spacial score (nSPS) is 19.1. The molecule has 2 aliphatic rings. The van der Waals surface area contributed by atoms with Crippen molar-refractivity contribution in [3.05, 3.63) is 64.1 Å². The van der Waals surface area contributed by atoms with E-state index in [0.717, 1.165) is 18.4 Å². The molecule has 2 atom stereocenters. The zero-order valence-electron chi connectivity index (χ0n) is 20.4. The second-order valence-electron chi connectivity index (χ2n) is 9.38. The van der Waals surface area contributed by atoms with Gasteiger partial charge in [0.05, 0.1) is 16.3 Å². The number of hydrogen-bond acceptors (Lipinski definition) is 8. The third-order valence-electron chi connectivity index (χ3n) is 6.79. The molecule has 0 bridgehead atoms. The van der Waals surface area contributed by atoms with Crippen molar-refractivity contribution in [2.24, 2.45) is 0 Å². The van der Waals surface area contributed by atoms with Crippen molar-refractivity contribution in [2.45, 2.75) is 23.7 Å². The summed E-state index contributed by atoms with van der Waals surface area (Å²) in [6.45, 7) is 4.83. The predicted molar refractivity (Wildman–Crippen MR) is 146 cm³/mol. The van der Waals surface area contributed by atoms with E-state index >= 15 is 0 Å². The Morgan fingerprint density at radius 3 is 2.74 bits per heavy atom. The molecule has 8 nitrogen and oxygen atoms in total. The van der Waals surface area contributed by atoms with Gasteiger partial charge in [-0.3, -0.25) is 9.47 Å². The Morgan fingerprint density at radius 1 is 1.29 bits per heavy atom. The lowest BCUT2D eigenvalue weighted by molar-refractivity contribution is 0.00965. The Hall–Kier alpha value is -2.51. The highest BCUT2D eigenvalue weighted by atomic mass is 35.5. The second-order valence-corrected chi connectivity index (χ2v) is 13.1. The molecule has 1 aromatic heterocycles. The predicted octanol–water partition coefficient (Wildman–Crippen LogP) is 3.14. The minimum atomic E-state index is -3.40. The van der Waals surface area contributed by atoms with Crippen molar-refractivity contribution in [3.8, 4) is 11.1 Å². The number of benzene rings is 2. The summed E-state index contributed by atoms with van der Waals surface area (Å²) in [5, 5.41) is 11.2. The van der Waals surface area contributed by atoms with E-state index in [0.29, 0.717) is 52.6 Å². The summed E-state index contributed by atoms with van der Waals surface area (Å²) in [7, 11) is -3.40. The molecule has 1 N–H and O–H groups in total. The quantitative estimate of drug-likeness (QED) is 0.443. The summed E-state index contributed by atoms with van der Waals surface area (Å²) in [5.74, 6) is -0.814. The van der Waals surface area contributed by atoms with Gasteiger partial charge in [-0.05, 0) is 24.3 Å². The number of halogens is 3. The van der Waals surface area contributed by atoms with Crippen LogP contribution in [-0.4, -0.2) is 77.6 Å². The molecule has 2 aromatic carbocycles. The van der Waals surface area contributed by atoms with Crippen LogP contribution < -0.4 is 10.6 Å². The lowest BCUT2D eigenvalue weighted by atomic mass is 10.0. The number of rotatable bonds is 6. The van der Waals surface area contributed by atoms with Crippen LogP contribution in [-0.2, 0) is 16.4 Å². The fourth-order valence-electron chi connectivity index (χ4n) is 5.18. The molecule has 5 rings (SSSR count). The number of nitrogens with zero attached hydrogens (tertiary/aromatic N) is 4. The zero-order chi connectivity index (χ0) is 27.4. The highest BCUT2D eigenvalue weighted by Crippen LogP contribution is 2.46. The van der Waals surface area contributed by atoms with E-state index in [9.17, 15) is 27.1 Å². The first-order chi connectivity index (χ1) is 18.0. The first kappa shape index (κ1) is 27.1. The topological polar surface area (TPSA) is 95.7 Å². The molecule has 0 aliphatic carbocycles. The van der Waals surface area contributed by atoms with Crippen LogP contribution in [0.15, 0.2) is 46.6 Å².